The molecule has 1 atom stereocenters. The van der Waals surface area contributed by atoms with Crippen molar-refractivity contribution in [2.24, 2.45) is 0 Å². The van der Waals surface area contributed by atoms with E-state index in [0.717, 1.165) is 6.42 Å². The summed E-state index contributed by atoms with van der Waals surface area (Å²) in [6.07, 6.45) is 0.866. The number of hydrogen-bond acceptors (Lipinski definition) is 2. The monoisotopic (exact) mass is 197 g/mol. The Bertz CT molecular complexity index is 278. The van der Waals surface area contributed by atoms with Crippen molar-refractivity contribution < 1.29 is 9.13 Å². The topological polar surface area (TPSA) is 21.3 Å². The van der Waals surface area contributed by atoms with E-state index in [0.29, 0.717) is 18.4 Å². The second kappa shape index (κ2) is 5.60. The highest BCUT2D eigenvalue weighted by atomic mass is 19.1. The lowest BCUT2D eigenvalue weighted by molar-refractivity contribution is 0.280. The average Bonchev–Trinajstić information content (AvgIpc) is 2.20. The van der Waals surface area contributed by atoms with E-state index in [9.17, 15) is 4.39 Å². The molecule has 78 valence electrons. The second-order valence-corrected chi connectivity index (χ2v) is 3.26. The molecule has 0 saturated heterocycles. The summed E-state index contributed by atoms with van der Waals surface area (Å²) < 4.78 is 18.3. The van der Waals surface area contributed by atoms with Gasteiger partial charge in [0.15, 0.2) is 11.6 Å². The Balaban J connectivity index is 2.35. The molecule has 2 nitrogen and oxygen atoms in total. The van der Waals surface area contributed by atoms with Crippen LogP contribution < -0.4 is 10.1 Å². The normalized spacial score (nSPS) is 12.5. The van der Waals surface area contributed by atoms with Crippen molar-refractivity contribution in [2.45, 2.75) is 19.4 Å². The van der Waals surface area contributed by atoms with Crippen LogP contribution in [-0.4, -0.2) is 19.7 Å². The molecule has 0 aliphatic rings. The summed E-state index contributed by atoms with van der Waals surface area (Å²) >= 11 is 0. The number of para-hydroxylation sites is 1. The number of rotatable bonds is 5. The second-order valence-electron chi connectivity index (χ2n) is 3.26. The van der Waals surface area contributed by atoms with Gasteiger partial charge in [0.25, 0.3) is 0 Å². The molecule has 0 saturated carbocycles. The third-order valence-corrected chi connectivity index (χ3v) is 2.14. The number of nitrogens with one attached hydrogen (secondary N) is 1. The molecule has 1 aromatic carbocycles. The molecule has 0 aromatic heterocycles. The summed E-state index contributed by atoms with van der Waals surface area (Å²) in [6, 6.07) is 6.84. The quantitative estimate of drug-likeness (QED) is 0.781. The lowest BCUT2D eigenvalue weighted by Crippen LogP contribution is -2.23. The number of ether oxygens (including phenoxy) is 1. The van der Waals surface area contributed by atoms with E-state index in [-0.39, 0.29) is 5.82 Å². The lowest BCUT2D eigenvalue weighted by Gasteiger charge is -2.11. The zero-order valence-electron chi connectivity index (χ0n) is 8.59. The van der Waals surface area contributed by atoms with Crippen LogP contribution >= 0.6 is 0 Å². The van der Waals surface area contributed by atoms with Crippen molar-refractivity contribution in [3.8, 4) is 5.75 Å². The van der Waals surface area contributed by atoms with E-state index < -0.39 is 0 Å². The van der Waals surface area contributed by atoms with Gasteiger partial charge in [0.05, 0.1) is 6.61 Å². The molecular weight excluding hydrogens is 181 g/mol. The minimum Gasteiger partial charge on any atom is -0.490 e. The standard InChI is InChI=1S/C11H16FNO/c1-9(13-2)7-8-14-11-6-4-3-5-10(11)12/h3-6,9,13H,7-8H2,1-2H3. The summed E-state index contributed by atoms with van der Waals surface area (Å²) in [5.41, 5.74) is 0. The Morgan fingerprint density at radius 2 is 2.14 bits per heavy atom. The fraction of sp³-hybridized carbons (Fsp3) is 0.455. The van der Waals surface area contributed by atoms with Crippen LogP contribution in [0.2, 0.25) is 0 Å². The van der Waals surface area contributed by atoms with Crippen LogP contribution in [0.1, 0.15) is 13.3 Å². The number of hydrogen-bond donors (Lipinski definition) is 1. The summed E-state index contributed by atoms with van der Waals surface area (Å²) in [5, 5.41) is 3.09. The van der Waals surface area contributed by atoms with Gasteiger partial charge in [-0.3, -0.25) is 0 Å². The lowest BCUT2D eigenvalue weighted by atomic mass is 10.2. The van der Waals surface area contributed by atoms with Crippen LogP contribution in [0.5, 0.6) is 5.75 Å². The highest BCUT2D eigenvalue weighted by molar-refractivity contribution is 5.23. The predicted molar refractivity (Wildman–Crippen MR) is 55.0 cm³/mol. The molecule has 1 unspecified atom stereocenters. The Labute approximate surface area is 84.1 Å². The molecule has 0 aliphatic carbocycles. The summed E-state index contributed by atoms with van der Waals surface area (Å²) in [5.74, 6) is 0.0282. The molecule has 0 amide bonds. The Morgan fingerprint density at radius 3 is 2.79 bits per heavy atom. The molecular formula is C11H16FNO. The zero-order chi connectivity index (χ0) is 10.4. The largest absolute Gasteiger partial charge is 0.490 e. The van der Waals surface area contributed by atoms with Crippen molar-refractivity contribution in [2.75, 3.05) is 13.7 Å². The predicted octanol–water partition coefficient (Wildman–Crippen LogP) is 2.20. The molecule has 1 aromatic rings. The third-order valence-electron chi connectivity index (χ3n) is 2.14. The molecule has 14 heavy (non-hydrogen) atoms. The zero-order valence-corrected chi connectivity index (χ0v) is 8.59. The maximum absolute atomic E-state index is 13.1. The Hall–Kier alpha value is -1.09. The molecule has 3 heteroatoms. The van der Waals surface area contributed by atoms with E-state index in [1.807, 2.05) is 7.05 Å². The summed E-state index contributed by atoms with van der Waals surface area (Å²) in [4.78, 5) is 0. The fourth-order valence-electron chi connectivity index (χ4n) is 1.05. The van der Waals surface area contributed by atoms with Crippen molar-refractivity contribution in [1.29, 1.82) is 0 Å². The molecule has 0 radical (unpaired) electrons. The van der Waals surface area contributed by atoms with Gasteiger partial charge in [0.1, 0.15) is 0 Å². The smallest absolute Gasteiger partial charge is 0.165 e. The van der Waals surface area contributed by atoms with Crippen LogP contribution in [-0.2, 0) is 0 Å². The fourth-order valence-corrected chi connectivity index (χ4v) is 1.05. The van der Waals surface area contributed by atoms with Crippen LogP contribution in [0.15, 0.2) is 24.3 Å². The summed E-state index contributed by atoms with van der Waals surface area (Å²) in [7, 11) is 1.90. The van der Waals surface area contributed by atoms with E-state index in [1.165, 1.54) is 6.07 Å². The minimum atomic E-state index is -0.301. The highest BCUT2D eigenvalue weighted by Crippen LogP contribution is 2.15. The number of halogens is 1. The van der Waals surface area contributed by atoms with Crippen LogP contribution in [0, 0.1) is 5.82 Å². The highest BCUT2D eigenvalue weighted by Gasteiger charge is 2.02. The maximum atomic E-state index is 13.1. The molecule has 0 fully saturated rings. The first-order chi connectivity index (χ1) is 6.74. The van der Waals surface area contributed by atoms with E-state index in [1.54, 1.807) is 18.2 Å². The van der Waals surface area contributed by atoms with Crippen molar-refractivity contribution in [3.63, 3.8) is 0 Å². The van der Waals surface area contributed by atoms with Gasteiger partial charge in [-0.1, -0.05) is 12.1 Å². The van der Waals surface area contributed by atoms with Crippen molar-refractivity contribution in [1.82, 2.24) is 5.32 Å². The first-order valence-electron chi connectivity index (χ1n) is 4.78. The van der Waals surface area contributed by atoms with Gasteiger partial charge in [-0.05, 0) is 32.5 Å². The molecule has 1 N–H and O–H groups in total. The SMILES string of the molecule is CNC(C)CCOc1ccccc1F. The third kappa shape index (κ3) is 3.34. The van der Waals surface area contributed by atoms with Gasteiger partial charge in [0, 0.05) is 6.04 Å². The van der Waals surface area contributed by atoms with Gasteiger partial charge in [0.2, 0.25) is 0 Å². The molecule has 0 heterocycles. The van der Waals surface area contributed by atoms with Crippen LogP contribution in [0.4, 0.5) is 4.39 Å². The molecule has 0 bridgehead atoms. The van der Waals surface area contributed by atoms with E-state index >= 15 is 0 Å². The van der Waals surface area contributed by atoms with Crippen LogP contribution in [0.3, 0.4) is 0 Å². The van der Waals surface area contributed by atoms with Crippen molar-refractivity contribution in [3.05, 3.63) is 30.1 Å². The van der Waals surface area contributed by atoms with Crippen molar-refractivity contribution >= 4 is 0 Å². The summed E-state index contributed by atoms with van der Waals surface area (Å²) in [6.45, 7) is 2.59. The Kier molecular flexibility index (Phi) is 4.40. The molecule has 1 rings (SSSR count). The van der Waals surface area contributed by atoms with Gasteiger partial charge in [-0.2, -0.15) is 0 Å². The minimum absolute atomic E-state index is 0.301. The van der Waals surface area contributed by atoms with Gasteiger partial charge in [-0.15, -0.1) is 0 Å². The average molecular weight is 197 g/mol. The van der Waals surface area contributed by atoms with Gasteiger partial charge >= 0.3 is 0 Å². The number of benzene rings is 1. The molecule has 0 spiro atoms. The first kappa shape index (κ1) is 11.0. The van der Waals surface area contributed by atoms with E-state index in [4.69, 9.17) is 4.74 Å². The van der Waals surface area contributed by atoms with Crippen LogP contribution in [0.25, 0.3) is 0 Å². The molecule has 0 aliphatic heterocycles. The maximum Gasteiger partial charge on any atom is 0.165 e. The van der Waals surface area contributed by atoms with E-state index in [2.05, 4.69) is 12.2 Å². The first-order valence-corrected chi connectivity index (χ1v) is 4.78. The van der Waals surface area contributed by atoms with Gasteiger partial charge < -0.3 is 10.1 Å². The van der Waals surface area contributed by atoms with Gasteiger partial charge in [-0.25, -0.2) is 4.39 Å². The Morgan fingerprint density at radius 1 is 1.43 bits per heavy atom.